The Bertz CT molecular complexity index is 1380. The fourth-order valence-corrected chi connectivity index (χ4v) is 5.32. The molecule has 1 saturated heterocycles. The Morgan fingerprint density at radius 2 is 2.03 bits per heavy atom. The van der Waals surface area contributed by atoms with E-state index in [9.17, 15) is 9.59 Å². The van der Waals surface area contributed by atoms with Crippen molar-refractivity contribution in [3.05, 3.63) is 52.8 Å². The Balaban J connectivity index is 1.21. The number of nitrogens with zero attached hydrogens (tertiary/aromatic N) is 5. The highest BCUT2D eigenvalue weighted by Crippen LogP contribution is 2.31. The number of amides is 2. The largest absolute Gasteiger partial charge is 0.496 e. The molecule has 1 fully saturated rings. The maximum Gasteiger partial charge on any atom is 0.410 e. The standard InChI is InChI=1S/C27H30N6O5/c1-16-6-7-24-30-31-25(33(16)24)21-4-3-5-23(28-21)29-26(34)20-12-18-14-32(10-8-17(18)13-22(20)36-2)27(35)38-19-9-11-37-15-19/h3-5,12-13,16,19H,6-11,14-15H2,1-2H3,(H,28,29,34)/t16-,19?/m1/s1. The maximum absolute atomic E-state index is 13.4. The van der Waals surface area contributed by atoms with Gasteiger partial charge in [-0.05, 0) is 55.2 Å². The van der Waals surface area contributed by atoms with Crippen molar-refractivity contribution >= 4 is 17.8 Å². The number of ether oxygens (including phenoxy) is 3. The number of nitrogens with one attached hydrogen (secondary N) is 1. The number of aryl methyl sites for hydroxylation is 1. The number of methoxy groups -OCH3 is 1. The monoisotopic (exact) mass is 518 g/mol. The van der Waals surface area contributed by atoms with Crippen LogP contribution in [0.25, 0.3) is 11.5 Å². The lowest BCUT2D eigenvalue weighted by Crippen LogP contribution is -2.38. The number of hydrogen-bond donors (Lipinski definition) is 1. The van der Waals surface area contributed by atoms with Gasteiger partial charge in [0.15, 0.2) is 5.82 Å². The fraction of sp³-hybridized carbons (Fsp3) is 0.444. The zero-order chi connectivity index (χ0) is 26.2. The van der Waals surface area contributed by atoms with Crippen LogP contribution in [0.4, 0.5) is 10.6 Å². The highest BCUT2D eigenvalue weighted by molar-refractivity contribution is 6.06. The average Bonchev–Trinajstić information content (AvgIpc) is 3.68. The molecule has 0 radical (unpaired) electrons. The van der Waals surface area contributed by atoms with Crippen molar-refractivity contribution in [3.63, 3.8) is 0 Å². The van der Waals surface area contributed by atoms with Crippen LogP contribution in [0.2, 0.25) is 0 Å². The van der Waals surface area contributed by atoms with Crippen LogP contribution in [0, 0.1) is 0 Å². The number of benzene rings is 1. The van der Waals surface area contributed by atoms with E-state index in [1.165, 1.54) is 0 Å². The first kappa shape index (κ1) is 24.4. The molecule has 1 aromatic carbocycles. The molecule has 3 aromatic rings. The van der Waals surface area contributed by atoms with Crippen LogP contribution >= 0.6 is 0 Å². The third kappa shape index (κ3) is 4.58. The van der Waals surface area contributed by atoms with Crippen molar-refractivity contribution in [1.29, 1.82) is 0 Å². The Morgan fingerprint density at radius 3 is 2.84 bits per heavy atom. The molecule has 11 heteroatoms. The van der Waals surface area contributed by atoms with Crippen molar-refractivity contribution < 1.29 is 23.8 Å². The van der Waals surface area contributed by atoms with E-state index in [1.54, 1.807) is 24.1 Å². The first-order chi connectivity index (χ1) is 18.5. The van der Waals surface area contributed by atoms with Crippen molar-refractivity contribution in [2.75, 3.05) is 32.2 Å². The quantitative estimate of drug-likeness (QED) is 0.546. The van der Waals surface area contributed by atoms with E-state index in [-0.39, 0.29) is 18.1 Å². The molecule has 0 spiro atoms. The van der Waals surface area contributed by atoms with Crippen molar-refractivity contribution in [2.45, 2.75) is 51.3 Å². The molecule has 5 heterocycles. The van der Waals surface area contributed by atoms with E-state index >= 15 is 0 Å². The van der Waals surface area contributed by atoms with Gasteiger partial charge in [0.25, 0.3) is 5.91 Å². The molecule has 3 aliphatic heterocycles. The predicted octanol–water partition coefficient (Wildman–Crippen LogP) is 3.39. The highest BCUT2D eigenvalue weighted by Gasteiger charge is 2.29. The van der Waals surface area contributed by atoms with Gasteiger partial charge in [-0.3, -0.25) is 4.79 Å². The van der Waals surface area contributed by atoms with Gasteiger partial charge in [0.05, 0.1) is 25.9 Å². The molecule has 6 rings (SSSR count). The summed E-state index contributed by atoms with van der Waals surface area (Å²) in [5.74, 6) is 2.18. The van der Waals surface area contributed by atoms with Crippen LogP contribution in [0.5, 0.6) is 5.75 Å². The van der Waals surface area contributed by atoms with E-state index in [2.05, 4.69) is 32.0 Å². The molecular weight excluding hydrogens is 488 g/mol. The second-order valence-electron chi connectivity index (χ2n) is 9.92. The summed E-state index contributed by atoms with van der Waals surface area (Å²) in [6, 6.07) is 9.41. The highest BCUT2D eigenvalue weighted by atomic mass is 16.6. The minimum atomic E-state index is -0.358. The molecule has 1 N–H and O–H groups in total. The smallest absolute Gasteiger partial charge is 0.410 e. The Kier molecular flexibility index (Phi) is 6.44. The summed E-state index contributed by atoms with van der Waals surface area (Å²) in [7, 11) is 1.54. The fourth-order valence-electron chi connectivity index (χ4n) is 5.32. The van der Waals surface area contributed by atoms with Crippen molar-refractivity contribution in [2.24, 2.45) is 0 Å². The minimum absolute atomic E-state index is 0.202. The van der Waals surface area contributed by atoms with E-state index in [0.29, 0.717) is 73.8 Å². The average molecular weight is 519 g/mol. The summed E-state index contributed by atoms with van der Waals surface area (Å²) in [5, 5.41) is 11.5. The normalized spacial score (nSPS) is 20.1. The summed E-state index contributed by atoms with van der Waals surface area (Å²) in [6.07, 6.45) is 2.72. The van der Waals surface area contributed by atoms with Crippen LogP contribution in [0.1, 0.15) is 53.1 Å². The lowest BCUT2D eigenvalue weighted by atomic mass is 9.96. The third-order valence-corrected chi connectivity index (χ3v) is 7.40. The van der Waals surface area contributed by atoms with Crippen molar-refractivity contribution in [1.82, 2.24) is 24.6 Å². The number of carbonyl (C=O) groups is 2. The van der Waals surface area contributed by atoms with Gasteiger partial charge < -0.3 is 29.0 Å². The van der Waals surface area contributed by atoms with Crippen LogP contribution < -0.4 is 10.1 Å². The first-order valence-electron chi connectivity index (χ1n) is 13.0. The zero-order valence-corrected chi connectivity index (χ0v) is 21.5. The molecule has 11 nitrogen and oxygen atoms in total. The van der Waals surface area contributed by atoms with Crippen LogP contribution in [0.15, 0.2) is 30.3 Å². The minimum Gasteiger partial charge on any atom is -0.496 e. The van der Waals surface area contributed by atoms with Crippen LogP contribution in [0.3, 0.4) is 0 Å². The Labute approximate surface area is 220 Å². The SMILES string of the molecule is COc1cc2c(cc1C(=O)Nc1cccc(-c3nnc4n3[C@H](C)CC4)n1)CN(C(=O)OC1CCOC1)CC2. The molecule has 0 saturated carbocycles. The summed E-state index contributed by atoms with van der Waals surface area (Å²) in [4.78, 5) is 32.4. The molecule has 38 heavy (non-hydrogen) atoms. The number of aromatic nitrogens is 4. The zero-order valence-electron chi connectivity index (χ0n) is 21.5. The molecule has 198 valence electrons. The van der Waals surface area contributed by atoms with Gasteiger partial charge in [0.1, 0.15) is 29.2 Å². The van der Waals surface area contributed by atoms with Crippen LogP contribution in [-0.2, 0) is 28.9 Å². The summed E-state index contributed by atoms with van der Waals surface area (Å²) >= 11 is 0. The van der Waals surface area contributed by atoms with Gasteiger partial charge >= 0.3 is 6.09 Å². The van der Waals surface area contributed by atoms with E-state index in [0.717, 1.165) is 29.8 Å². The van der Waals surface area contributed by atoms with Gasteiger partial charge in [-0.15, -0.1) is 10.2 Å². The summed E-state index contributed by atoms with van der Waals surface area (Å²) in [5.41, 5.74) is 2.95. The number of pyridine rings is 1. The molecule has 2 aromatic heterocycles. The molecule has 0 bridgehead atoms. The van der Waals surface area contributed by atoms with E-state index in [1.807, 2.05) is 18.2 Å². The second kappa shape index (κ2) is 10.1. The maximum atomic E-state index is 13.4. The Hall–Kier alpha value is -3.99. The number of fused-ring (bicyclic) bond motifs is 2. The number of anilines is 1. The van der Waals surface area contributed by atoms with Gasteiger partial charge in [-0.2, -0.15) is 0 Å². The van der Waals surface area contributed by atoms with Gasteiger partial charge in [0.2, 0.25) is 0 Å². The lowest BCUT2D eigenvalue weighted by Gasteiger charge is -2.29. The molecular formula is C27H30N6O5. The topological polar surface area (TPSA) is 121 Å². The second-order valence-corrected chi connectivity index (χ2v) is 9.92. The lowest BCUT2D eigenvalue weighted by molar-refractivity contribution is 0.0516. The third-order valence-electron chi connectivity index (χ3n) is 7.40. The van der Waals surface area contributed by atoms with E-state index < -0.39 is 0 Å². The number of hydrogen-bond acceptors (Lipinski definition) is 8. The molecule has 2 amide bonds. The van der Waals surface area contributed by atoms with Crippen LogP contribution in [-0.4, -0.2) is 69.6 Å². The summed E-state index contributed by atoms with van der Waals surface area (Å²) < 4.78 is 18.5. The molecule has 3 aliphatic rings. The van der Waals surface area contributed by atoms with E-state index in [4.69, 9.17) is 14.2 Å². The Morgan fingerprint density at radius 1 is 1.13 bits per heavy atom. The molecule has 0 aliphatic carbocycles. The molecule has 2 atom stereocenters. The number of rotatable bonds is 5. The number of carbonyl (C=O) groups excluding carboxylic acids is 2. The van der Waals surface area contributed by atoms with Gasteiger partial charge in [-0.25, -0.2) is 9.78 Å². The predicted molar refractivity (Wildman–Crippen MR) is 137 cm³/mol. The summed E-state index contributed by atoms with van der Waals surface area (Å²) in [6.45, 7) is 4.08. The first-order valence-corrected chi connectivity index (χ1v) is 13.0. The van der Waals surface area contributed by atoms with Gasteiger partial charge in [-0.1, -0.05) is 6.07 Å². The van der Waals surface area contributed by atoms with Gasteiger partial charge in [0, 0.05) is 32.0 Å². The molecule has 1 unspecified atom stereocenters. The van der Waals surface area contributed by atoms with Crippen molar-refractivity contribution in [3.8, 4) is 17.3 Å².